The number of carbonyl (C=O) groups is 1. The first-order chi connectivity index (χ1) is 7.74. The Morgan fingerprint density at radius 1 is 1.56 bits per heavy atom. The van der Waals surface area contributed by atoms with Gasteiger partial charge in [-0.2, -0.15) is 11.8 Å². The number of nitrogens with two attached hydrogens (primary N) is 1. The SMILES string of the molecule is COC(=O)c1cccc(C2CCCS2)c1N. The molecule has 1 unspecified atom stereocenters. The number of hydrogen-bond acceptors (Lipinski definition) is 4. The van der Waals surface area contributed by atoms with E-state index in [0.717, 1.165) is 12.0 Å². The highest BCUT2D eigenvalue weighted by Gasteiger charge is 2.22. The summed E-state index contributed by atoms with van der Waals surface area (Å²) in [7, 11) is 1.37. The van der Waals surface area contributed by atoms with Crippen LogP contribution < -0.4 is 5.73 Å². The Balaban J connectivity index is 2.35. The molecule has 1 atom stereocenters. The molecule has 86 valence electrons. The van der Waals surface area contributed by atoms with Crippen LogP contribution in [0.5, 0.6) is 0 Å². The predicted molar refractivity (Wildman–Crippen MR) is 66.6 cm³/mol. The third-order valence-corrected chi connectivity index (χ3v) is 4.24. The number of rotatable bonds is 2. The lowest BCUT2D eigenvalue weighted by Gasteiger charge is -2.14. The maximum atomic E-state index is 11.5. The number of benzene rings is 1. The number of nitrogen functional groups attached to an aromatic ring is 1. The Hall–Kier alpha value is -1.16. The molecule has 1 aromatic rings. The van der Waals surface area contributed by atoms with Gasteiger partial charge in [-0.05, 0) is 30.2 Å². The van der Waals surface area contributed by atoms with Gasteiger partial charge in [0.05, 0.1) is 18.4 Å². The lowest BCUT2D eigenvalue weighted by Crippen LogP contribution is -2.08. The normalized spacial score (nSPS) is 19.7. The molecule has 1 heterocycles. The highest BCUT2D eigenvalue weighted by atomic mass is 32.2. The van der Waals surface area contributed by atoms with Gasteiger partial charge in [0.1, 0.15) is 0 Å². The van der Waals surface area contributed by atoms with Gasteiger partial charge in [-0.15, -0.1) is 0 Å². The second-order valence-corrected chi connectivity index (χ2v) is 5.11. The van der Waals surface area contributed by atoms with E-state index in [2.05, 4.69) is 0 Å². The molecule has 0 saturated carbocycles. The molecule has 1 aliphatic heterocycles. The topological polar surface area (TPSA) is 52.3 Å². The van der Waals surface area contributed by atoms with Crippen molar-refractivity contribution in [3.63, 3.8) is 0 Å². The molecule has 2 rings (SSSR count). The largest absolute Gasteiger partial charge is 0.465 e. The van der Waals surface area contributed by atoms with Crippen molar-refractivity contribution >= 4 is 23.4 Å². The fourth-order valence-electron chi connectivity index (χ4n) is 1.97. The molecule has 1 aliphatic rings. The summed E-state index contributed by atoms with van der Waals surface area (Å²) >= 11 is 1.91. The lowest BCUT2D eigenvalue weighted by atomic mass is 10.0. The van der Waals surface area contributed by atoms with Gasteiger partial charge in [0.25, 0.3) is 0 Å². The quantitative estimate of drug-likeness (QED) is 0.634. The van der Waals surface area contributed by atoms with Crippen molar-refractivity contribution in [2.45, 2.75) is 18.1 Å². The van der Waals surface area contributed by atoms with Crippen LogP contribution >= 0.6 is 11.8 Å². The molecule has 1 aromatic carbocycles. The van der Waals surface area contributed by atoms with Gasteiger partial charge in [-0.25, -0.2) is 4.79 Å². The van der Waals surface area contributed by atoms with Crippen molar-refractivity contribution in [1.29, 1.82) is 0 Å². The second kappa shape index (κ2) is 4.78. The zero-order valence-electron chi connectivity index (χ0n) is 9.23. The van der Waals surface area contributed by atoms with Gasteiger partial charge < -0.3 is 10.5 Å². The molecule has 2 N–H and O–H groups in total. The smallest absolute Gasteiger partial charge is 0.339 e. The number of methoxy groups -OCH3 is 1. The van der Waals surface area contributed by atoms with Crippen molar-refractivity contribution in [2.75, 3.05) is 18.6 Å². The average Bonchev–Trinajstić information content (AvgIpc) is 2.82. The Bertz CT molecular complexity index is 400. The first-order valence-corrected chi connectivity index (χ1v) is 6.37. The van der Waals surface area contributed by atoms with Gasteiger partial charge in [0.2, 0.25) is 0 Å². The maximum Gasteiger partial charge on any atom is 0.339 e. The number of para-hydroxylation sites is 1. The fourth-order valence-corrected chi connectivity index (χ4v) is 3.31. The molecular weight excluding hydrogens is 222 g/mol. The summed E-state index contributed by atoms with van der Waals surface area (Å²) in [4.78, 5) is 11.5. The number of ether oxygens (including phenoxy) is 1. The van der Waals surface area contributed by atoms with E-state index < -0.39 is 0 Å². The van der Waals surface area contributed by atoms with Crippen LogP contribution in [0.3, 0.4) is 0 Å². The summed E-state index contributed by atoms with van der Waals surface area (Å²) in [6.07, 6.45) is 2.36. The minimum Gasteiger partial charge on any atom is -0.465 e. The van der Waals surface area contributed by atoms with E-state index in [-0.39, 0.29) is 5.97 Å². The summed E-state index contributed by atoms with van der Waals surface area (Å²) < 4.78 is 4.71. The van der Waals surface area contributed by atoms with Gasteiger partial charge in [-0.3, -0.25) is 0 Å². The number of thioether (sulfide) groups is 1. The molecule has 0 spiro atoms. The van der Waals surface area contributed by atoms with Crippen LogP contribution in [0.25, 0.3) is 0 Å². The highest BCUT2D eigenvalue weighted by molar-refractivity contribution is 7.99. The molecule has 0 aromatic heterocycles. The van der Waals surface area contributed by atoms with Crippen molar-refractivity contribution in [3.05, 3.63) is 29.3 Å². The molecule has 16 heavy (non-hydrogen) atoms. The van der Waals surface area contributed by atoms with Crippen molar-refractivity contribution in [1.82, 2.24) is 0 Å². The van der Waals surface area contributed by atoms with E-state index >= 15 is 0 Å². The Morgan fingerprint density at radius 3 is 3.00 bits per heavy atom. The van der Waals surface area contributed by atoms with Crippen LogP contribution in [-0.2, 0) is 4.74 Å². The number of esters is 1. The highest BCUT2D eigenvalue weighted by Crippen LogP contribution is 2.42. The van der Waals surface area contributed by atoms with Crippen LogP contribution in [-0.4, -0.2) is 18.8 Å². The molecule has 1 saturated heterocycles. The third-order valence-electron chi connectivity index (χ3n) is 2.82. The van der Waals surface area contributed by atoms with Gasteiger partial charge >= 0.3 is 5.97 Å². The fraction of sp³-hybridized carbons (Fsp3) is 0.417. The molecule has 3 nitrogen and oxygen atoms in total. The zero-order chi connectivity index (χ0) is 11.5. The van der Waals surface area contributed by atoms with E-state index in [0.29, 0.717) is 16.5 Å². The lowest BCUT2D eigenvalue weighted by molar-refractivity contribution is 0.0602. The van der Waals surface area contributed by atoms with Crippen LogP contribution in [0.1, 0.15) is 34.0 Å². The van der Waals surface area contributed by atoms with Crippen LogP contribution in [0.4, 0.5) is 5.69 Å². The minimum atomic E-state index is -0.359. The van der Waals surface area contributed by atoms with E-state index in [4.69, 9.17) is 10.5 Å². The summed E-state index contributed by atoms with van der Waals surface area (Å²) in [5.74, 6) is 0.814. The summed E-state index contributed by atoms with van der Waals surface area (Å²) in [5, 5.41) is 0.435. The van der Waals surface area contributed by atoms with Gasteiger partial charge in [-0.1, -0.05) is 12.1 Å². The molecule has 1 fully saturated rings. The van der Waals surface area contributed by atoms with Crippen LogP contribution in [0.15, 0.2) is 18.2 Å². The average molecular weight is 237 g/mol. The van der Waals surface area contributed by atoms with E-state index in [1.54, 1.807) is 6.07 Å². The first-order valence-electron chi connectivity index (χ1n) is 5.32. The monoisotopic (exact) mass is 237 g/mol. The zero-order valence-corrected chi connectivity index (χ0v) is 10.0. The van der Waals surface area contributed by atoms with Crippen molar-refractivity contribution < 1.29 is 9.53 Å². The van der Waals surface area contributed by atoms with Crippen molar-refractivity contribution in [3.8, 4) is 0 Å². The Morgan fingerprint density at radius 2 is 2.38 bits per heavy atom. The maximum absolute atomic E-state index is 11.5. The van der Waals surface area contributed by atoms with E-state index in [1.165, 1.54) is 19.3 Å². The van der Waals surface area contributed by atoms with Crippen molar-refractivity contribution in [2.24, 2.45) is 0 Å². The molecule has 0 aliphatic carbocycles. The Kier molecular flexibility index (Phi) is 3.39. The van der Waals surface area contributed by atoms with Crippen LogP contribution in [0.2, 0.25) is 0 Å². The summed E-state index contributed by atoms with van der Waals surface area (Å²) in [6.45, 7) is 0. The Labute approximate surface area is 99.4 Å². The molecule has 4 heteroatoms. The first kappa shape index (κ1) is 11.3. The summed E-state index contributed by atoms with van der Waals surface area (Å²) in [6, 6.07) is 5.59. The summed E-state index contributed by atoms with van der Waals surface area (Å²) in [5.41, 5.74) is 8.16. The second-order valence-electron chi connectivity index (χ2n) is 3.80. The molecule has 0 amide bonds. The predicted octanol–water partition coefficient (Wildman–Crippen LogP) is 2.62. The minimum absolute atomic E-state index is 0.359. The molecular formula is C12H15NO2S. The van der Waals surface area contributed by atoms with E-state index in [1.807, 2.05) is 23.9 Å². The van der Waals surface area contributed by atoms with Gasteiger partial charge in [0, 0.05) is 5.25 Å². The van der Waals surface area contributed by atoms with Gasteiger partial charge in [0.15, 0.2) is 0 Å². The third kappa shape index (κ3) is 2.02. The number of carbonyl (C=O) groups excluding carboxylic acids is 1. The van der Waals surface area contributed by atoms with Crippen LogP contribution in [0, 0.1) is 0 Å². The number of hydrogen-bond donors (Lipinski definition) is 1. The molecule has 0 bridgehead atoms. The molecule has 0 radical (unpaired) electrons. The van der Waals surface area contributed by atoms with E-state index in [9.17, 15) is 4.79 Å². The standard InChI is InChI=1S/C12H15NO2S/c1-15-12(14)9-5-2-4-8(11(9)13)10-6-3-7-16-10/h2,4-5,10H,3,6-7,13H2,1H3. The number of anilines is 1.